The van der Waals surface area contributed by atoms with Crippen molar-refractivity contribution in [3.63, 3.8) is 0 Å². The molecule has 0 fully saturated rings. The average molecular weight is 279 g/mol. The van der Waals surface area contributed by atoms with Crippen LogP contribution in [0.2, 0.25) is 0 Å². The summed E-state index contributed by atoms with van der Waals surface area (Å²) in [5, 5.41) is 14.8. The van der Waals surface area contributed by atoms with Crippen molar-refractivity contribution in [2.45, 2.75) is 6.92 Å². The summed E-state index contributed by atoms with van der Waals surface area (Å²) in [5.74, 6) is 0.486. The molecule has 1 aromatic heterocycles. The maximum atomic E-state index is 10.1. The van der Waals surface area contributed by atoms with Gasteiger partial charge >= 0.3 is 0 Å². The second kappa shape index (κ2) is 5.15. The molecule has 1 heterocycles. The van der Waals surface area contributed by atoms with E-state index in [-0.39, 0.29) is 10.9 Å². The molecule has 1 aromatic carbocycles. The zero-order chi connectivity index (χ0) is 14.0. The monoisotopic (exact) mass is 279 g/mol. The Morgan fingerprint density at radius 2 is 2.32 bits per heavy atom. The first-order valence-electron chi connectivity index (χ1n) is 5.42. The Balaban J connectivity index is 2.61. The number of hydrazone groups is 1. The lowest BCUT2D eigenvalue weighted by Gasteiger charge is -2.11. The van der Waals surface area contributed by atoms with Crippen molar-refractivity contribution in [1.29, 1.82) is 0 Å². The third-order valence-corrected chi connectivity index (χ3v) is 2.68. The van der Waals surface area contributed by atoms with E-state index in [9.17, 15) is 5.11 Å². The highest BCUT2D eigenvalue weighted by atomic mass is 32.1. The zero-order valence-corrected chi connectivity index (χ0v) is 11.2. The summed E-state index contributed by atoms with van der Waals surface area (Å²) in [6.07, 6.45) is 1.52. The van der Waals surface area contributed by atoms with Crippen LogP contribution in [0.25, 0.3) is 11.0 Å². The van der Waals surface area contributed by atoms with Crippen molar-refractivity contribution < 1.29 is 14.3 Å². The number of nitrogens with one attached hydrogen (secondary N) is 1. The third kappa shape index (κ3) is 2.45. The van der Waals surface area contributed by atoms with Gasteiger partial charge in [0.05, 0.1) is 30.0 Å². The largest absolute Gasteiger partial charge is 0.507 e. The molecule has 0 bridgehead atoms. The second-order valence-corrected chi connectivity index (χ2v) is 4.25. The number of thiocarbonyl (C=S) groups is 1. The normalized spacial score (nSPS) is 11.6. The lowest BCUT2D eigenvalue weighted by Crippen LogP contribution is -2.25. The highest BCUT2D eigenvalue weighted by molar-refractivity contribution is 7.80. The quantitative estimate of drug-likeness (QED) is 0.450. The van der Waals surface area contributed by atoms with Crippen molar-refractivity contribution in [3.05, 3.63) is 24.0 Å². The smallest absolute Gasteiger partial charge is 0.184 e. The second-order valence-electron chi connectivity index (χ2n) is 3.81. The molecule has 2 aromatic rings. The van der Waals surface area contributed by atoms with E-state index in [1.165, 1.54) is 19.4 Å². The lowest BCUT2D eigenvalue weighted by atomic mass is 10.1. The van der Waals surface area contributed by atoms with Crippen LogP contribution in [0.1, 0.15) is 12.5 Å². The molecule has 0 saturated carbocycles. The molecule has 19 heavy (non-hydrogen) atoms. The minimum atomic E-state index is 0.00490. The number of nitrogens with zero attached hydrogens (tertiary/aromatic N) is 1. The summed E-state index contributed by atoms with van der Waals surface area (Å²) < 4.78 is 10.6. The van der Waals surface area contributed by atoms with Crippen LogP contribution in [0.15, 0.2) is 27.9 Å². The number of aromatic hydroxyl groups is 1. The van der Waals surface area contributed by atoms with Crippen LogP contribution in [0.4, 0.5) is 0 Å². The maximum Gasteiger partial charge on any atom is 0.184 e. The van der Waals surface area contributed by atoms with Gasteiger partial charge in [0.2, 0.25) is 0 Å². The molecule has 2 rings (SSSR count). The first-order chi connectivity index (χ1) is 9.04. The number of fused-ring (bicyclic) bond motifs is 1. The molecular weight excluding hydrogens is 266 g/mol. The Bertz CT molecular complexity index is 664. The number of phenolic OH excluding ortho intramolecular Hbond substituents is 1. The van der Waals surface area contributed by atoms with E-state index in [0.717, 1.165) is 5.39 Å². The van der Waals surface area contributed by atoms with Gasteiger partial charge in [0.1, 0.15) is 17.1 Å². The van der Waals surface area contributed by atoms with Gasteiger partial charge in [-0.05, 0) is 25.2 Å². The first-order valence-corrected chi connectivity index (χ1v) is 5.82. The molecule has 6 nitrogen and oxygen atoms in total. The van der Waals surface area contributed by atoms with Crippen molar-refractivity contribution in [1.82, 2.24) is 5.43 Å². The number of nitrogens with two attached hydrogens (primary N) is 1. The van der Waals surface area contributed by atoms with Gasteiger partial charge in [0, 0.05) is 6.07 Å². The van der Waals surface area contributed by atoms with Crippen molar-refractivity contribution >= 4 is 34.0 Å². The van der Waals surface area contributed by atoms with Gasteiger partial charge in [-0.1, -0.05) is 0 Å². The van der Waals surface area contributed by atoms with Crippen LogP contribution in [-0.4, -0.2) is 23.0 Å². The predicted octanol–water partition coefficient (Wildman–Crippen LogP) is 1.70. The van der Waals surface area contributed by atoms with Crippen LogP contribution in [0.3, 0.4) is 0 Å². The molecular formula is C12H13N3O3S. The average Bonchev–Trinajstić information content (AvgIpc) is 2.81. The van der Waals surface area contributed by atoms with Crippen LogP contribution < -0.4 is 15.9 Å². The number of phenols is 1. The van der Waals surface area contributed by atoms with E-state index in [4.69, 9.17) is 14.9 Å². The third-order valence-electron chi connectivity index (χ3n) is 2.59. The molecule has 0 unspecified atom stereocenters. The predicted molar refractivity (Wildman–Crippen MR) is 76.6 cm³/mol. The van der Waals surface area contributed by atoms with Gasteiger partial charge in [0.15, 0.2) is 5.11 Å². The summed E-state index contributed by atoms with van der Waals surface area (Å²) in [6.45, 7) is 1.70. The molecule has 0 radical (unpaired) electrons. The summed E-state index contributed by atoms with van der Waals surface area (Å²) >= 11 is 4.67. The van der Waals surface area contributed by atoms with Crippen LogP contribution in [-0.2, 0) is 0 Å². The van der Waals surface area contributed by atoms with Crippen molar-refractivity contribution in [2.75, 3.05) is 7.11 Å². The van der Waals surface area contributed by atoms with E-state index in [0.29, 0.717) is 22.6 Å². The minimum absolute atomic E-state index is 0.00490. The number of hydrogen-bond donors (Lipinski definition) is 3. The van der Waals surface area contributed by atoms with Gasteiger partial charge in [-0.15, -0.1) is 0 Å². The fourth-order valence-corrected chi connectivity index (χ4v) is 1.87. The van der Waals surface area contributed by atoms with Gasteiger partial charge in [-0.25, -0.2) is 0 Å². The van der Waals surface area contributed by atoms with Gasteiger partial charge < -0.3 is 20.0 Å². The van der Waals surface area contributed by atoms with Crippen LogP contribution in [0.5, 0.6) is 11.5 Å². The molecule has 0 amide bonds. The number of hydrogen-bond acceptors (Lipinski definition) is 5. The Labute approximate surface area is 114 Å². The molecule has 100 valence electrons. The molecule has 0 spiro atoms. The van der Waals surface area contributed by atoms with E-state index >= 15 is 0 Å². The van der Waals surface area contributed by atoms with Crippen LogP contribution >= 0.6 is 12.2 Å². The molecule has 4 N–H and O–H groups in total. The van der Waals surface area contributed by atoms with E-state index < -0.39 is 0 Å². The minimum Gasteiger partial charge on any atom is -0.507 e. The molecule has 0 aliphatic carbocycles. The maximum absolute atomic E-state index is 10.1. The summed E-state index contributed by atoms with van der Waals surface area (Å²) in [4.78, 5) is 0. The molecule has 0 saturated heterocycles. The number of furan rings is 1. The first kappa shape index (κ1) is 13.2. The number of benzene rings is 1. The number of ether oxygens (including phenoxy) is 1. The molecule has 0 atom stereocenters. The molecule has 7 heteroatoms. The molecule has 0 aliphatic heterocycles. The lowest BCUT2D eigenvalue weighted by molar-refractivity contribution is 0.411. The van der Waals surface area contributed by atoms with Gasteiger partial charge in [0.25, 0.3) is 0 Å². The Hall–Kier alpha value is -2.28. The van der Waals surface area contributed by atoms with Crippen LogP contribution in [0, 0.1) is 0 Å². The van der Waals surface area contributed by atoms with Crippen molar-refractivity contribution in [3.8, 4) is 11.5 Å². The highest BCUT2D eigenvalue weighted by Gasteiger charge is 2.18. The van der Waals surface area contributed by atoms with Crippen molar-refractivity contribution in [2.24, 2.45) is 10.8 Å². The Morgan fingerprint density at radius 1 is 1.58 bits per heavy atom. The molecule has 0 aliphatic rings. The van der Waals surface area contributed by atoms with Gasteiger partial charge in [-0.2, -0.15) is 5.10 Å². The fourth-order valence-electron chi connectivity index (χ4n) is 1.82. The topological polar surface area (TPSA) is 93.0 Å². The standard InChI is InChI=1S/C12H13N3O3S/c1-6(14-15-12(13)19)10-8(16)5-9-7(3-4-18-9)11(10)17-2/h3-5,16H,1-2H3,(H3,13,15,19)/b14-6+. The van der Waals surface area contributed by atoms with E-state index in [1.807, 2.05) is 0 Å². The summed E-state index contributed by atoms with van der Waals surface area (Å²) in [6, 6.07) is 3.26. The summed E-state index contributed by atoms with van der Waals surface area (Å²) in [5.41, 5.74) is 9.26. The number of methoxy groups -OCH3 is 1. The zero-order valence-electron chi connectivity index (χ0n) is 10.4. The Morgan fingerprint density at radius 3 is 2.95 bits per heavy atom. The Kier molecular flexibility index (Phi) is 3.57. The van der Waals surface area contributed by atoms with Gasteiger partial charge in [-0.3, -0.25) is 5.43 Å². The fraction of sp³-hybridized carbons (Fsp3) is 0.167. The van der Waals surface area contributed by atoms with E-state index in [2.05, 4.69) is 22.7 Å². The SMILES string of the molecule is COc1c(/C(C)=N/NC(N)=S)c(O)cc2occc12. The number of rotatable bonds is 3. The van der Waals surface area contributed by atoms with E-state index in [1.54, 1.807) is 13.0 Å². The highest BCUT2D eigenvalue weighted by Crippen LogP contribution is 2.37. The summed E-state index contributed by atoms with van der Waals surface area (Å²) in [7, 11) is 1.51.